The third kappa shape index (κ3) is 36.7. The fourth-order valence-corrected chi connectivity index (χ4v) is 4.62. The van der Waals surface area contributed by atoms with Gasteiger partial charge in [0.15, 0.2) is 6.10 Å². The number of phosphoric ester groups is 1. The van der Waals surface area contributed by atoms with Crippen molar-refractivity contribution in [2.24, 2.45) is 0 Å². The van der Waals surface area contributed by atoms with Crippen LogP contribution in [0, 0.1) is 0 Å². The van der Waals surface area contributed by atoms with E-state index in [4.69, 9.17) is 9.47 Å². The van der Waals surface area contributed by atoms with Crippen molar-refractivity contribution in [3.05, 3.63) is 0 Å². The molecule has 0 bridgehead atoms. The third-order valence-electron chi connectivity index (χ3n) is 6.56. The van der Waals surface area contributed by atoms with Crippen molar-refractivity contribution in [1.82, 2.24) is 5.32 Å². The summed E-state index contributed by atoms with van der Waals surface area (Å²) in [6.07, 6.45) is 18.4. The molecule has 0 saturated heterocycles. The molecule has 13 heteroatoms. The second-order valence-corrected chi connectivity index (χ2v) is 11.7. The summed E-state index contributed by atoms with van der Waals surface area (Å²) in [4.78, 5) is 56.8. The molecule has 0 aromatic rings. The maximum absolute atomic E-state index is 12.2. The third-order valence-corrected chi connectivity index (χ3v) is 7.03. The zero-order valence-electron chi connectivity index (χ0n) is 27.0. The predicted octanol–water partition coefficient (Wildman–Crippen LogP) is -0.747. The quantitative estimate of drug-likeness (QED) is 0.0505. The number of unbranched alkanes of at least 4 members (excludes halogenated alkanes) is 16. The van der Waals surface area contributed by atoms with Crippen LogP contribution in [0.25, 0.3) is 0 Å². The molecule has 0 aliphatic rings. The average molecular weight is 638 g/mol. The summed E-state index contributed by atoms with van der Waals surface area (Å²) in [5, 5.41) is 2.78. The summed E-state index contributed by atoms with van der Waals surface area (Å²) in [5.41, 5.74) is 0. The van der Waals surface area contributed by atoms with Gasteiger partial charge in [-0.15, -0.1) is 0 Å². The number of rotatable bonds is 28. The molecule has 42 heavy (non-hydrogen) atoms. The van der Waals surface area contributed by atoms with Crippen molar-refractivity contribution < 1.29 is 102 Å². The van der Waals surface area contributed by atoms with Gasteiger partial charge in [-0.25, -0.2) is 0 Å². The first-order valence-corrected chi connectivity index (χ1v) is 16.9. The molecule has 1 amide bonds. The second-order valence-electron chi connectivity index (χ2n) is 10.5. The topological polar surface area (TPSA) is 154 Å². The standard InChI is InChI=1S/C29H56NO9P.2Na/c1-3-4-5-6-7-8-9-13-16-19-22-29(33)39-27(25-38-40(34,35)36)24-37-28(32)21-18-15-12-10-11-14-17-20-23-30-26(2)31;;/h27H,3-25H2,1-2H3,(H,30,31)(H2,34,35,36);;/q;2*+1/p-2/t27-;;/m0../s1. The smallest absolute Gasteiger partial charge is 0.790 e. The molecule has 0 heterocycles. The maximum Gasteiger partial charge on any atom is 1.00 e. The minimum absolute atomic E-state index is 0. The Morgan fingerprint density at radius 2 is 1.10 bits per heavy atom. The average Bonchev–Trinajstić information content (AvgIpc) is 2.89. The molecule has 0 spiro atoms. The van der Waals surface area contributed by atoms with E-state index < -0.39 is 32.5 Å². The molecule has 0 rings (SSSR count). The van der Waals surface area contributed by atoms with Crippen LogP contribution in [0.3, 0.4) is 0 Å². The first kappa shape index (κ1) is 46.9. The van der Waals surface area contributed by atoms with Crippen LogP contribution in [0.1, 0.15) is 142 Å². The van der Waals surface area contributed by atoms with Gasteiger partial charge < -0.3 is 33.7 Å². The van der Waals surface area contributed by atoms with Gasteiger partial charge in [0.05, 0.1) is 14.4 Å². The predicted molar refractivity (Wildman–Crippen MR) is 151 cm³/mol. The summed E-state index contributed by atoms with van der Waals surface area (Å²) in [6.45, 7) is 3.40. The van der Waals surface area contributed by atoms with E-state index in [-0.39, 0.29) is 84.5 Å². The van der Waals surface area contributed by atoms with Crippen molar-refractivity contribution >= 4 is 25.7 Å². The Morgan fingerprint density at radius 1 is 0.667 bits per heavy atom. The number of hydrogen-bond acceptors (Lipinski definition) is 9. The Labute approximate surface area is 298 Å². The molecule has 0 unspecified atom stereocenters. The Bertz CT molecular complexity index is 711. The van der Waals surface area contributed by atoms with E-state index >= 15 is 0 Å². The Kier molecular flexibility index (Phi) is 36.8. The fraction of sp³-hybridized carbons (Fsp3) is 0.897. The largest absolute Gasteiger partial charge is 1.00 e. The van der Waals surface area contributed by atoms with E-state index in [2.05, 4.69) is 16.8 Å². The monoisotopic (exact) mass is 637 g/mol. The number of esters is 2. The first-order valence-electron chi connectivity index (χ1n) is 15.4. The van der Waals surface area contributed by atoms with E-state index in [1.165, 1.54) is 45.4 Å². The van der Waals surface area contributed by atoms with Gasteiger partial charge >= 0.3 is 71.1 Å². The molecule has 10 nitrogen and oxygen atoms in total. The Hall–Kier alpha value is 0.520. The van der Waals surface area contributed by atoms with Crippen LogP contribution in [0.15, 0.2) is 0 Å². The number of phosphoric acid groups is 1. The molecule has 0 aliphatic heterocycles. The number of carbonyl (C=O) groups is 3. The van der Waals surface area contributed by atoms with Gasteiger partial charge in [0, 0.05) is 26.3 Å². The van der Waals surface area contributed by atoms with Gasteiger partial charge in [-0.05, 0) is 19.3 Å². The van der Waals surface area contributed by atoms with Gasteiger partial charge in [-0.2, -0.15) is 0 Å². The Balaban J connectivity index is -0.00000760. The number of hydrogen-bond donors (Lipinski definition) is 1. The summed E-state index contributed by atoms with van der Waals surface area (Å²) < 4.78 is 25.5. The van der Waals surface area contributed by atoms with Crippen molar-refractivity contribution in [1.29, 1.82) is 0 Å². The number of nitrogens with one attached hydrogen (secondary N) is 1. The maximum atomic E-state index is 12.2. The van der Waals surface area contributed by atoms with Crippen LogP contribution in [-0.2, 0) is 32.9 Å². The summed E-state index contributed by atoms with van der Waals surface area (Å²) in [7, 11) is -5.25. The zero-order valence-corrected chi connectivity index (χ0v) is 31.9. The van der Waals surface area contributed by atoms with Crippen LogP contribution in [0.4, 0.5) is 0 Å². The molecule has 0 fully saturated rings. The molecule has 1 N–H and O–H groups in total. The summed E-state index contributed by atoms with van der Waals surface area (Å²) >= 11 is 0. The van der Waals surface area contributed by atoms with Crippen molar-refractivity contribution in [3.8, 4) is 0 Å². The Morgan fingerprint density at radius 3 is 1.55 bits per heavy atom. The fourth-order valence-electron chi connectivity index (χ4n) is 4.27. The van der Waals surface area contributed by atoms with Gasteiger partial charge in [-0.1, -0.05) is 103 Å². The molecular formula is C29H54NNa2O9P. The van der Waals surface area contributed by atoms with Gasteiger partial charge in [0.25, 0.3) is 0 Å². The van der Waals surface area contributed by atoms with Gasteiger partial charge in [0.1, 0.15) is 6.61 Å². The first-order chi connectivity index (χ1) is 19.1. The minimum atomic E-state index is -5.25. The molecule has 0 aromatic heterocycles. The molecule has 0 aliphatic carbocycles. The van der Waals surface area contributed by atoms with Gasteiger partial charge in [0.2, 0.25) is 5.91 Å². The summed E-state index contributed by atoms with van der Waals surface area (Å²) in [6, 6.07) is 0. The van der Waals surface area contributed by atoms with E-state index in [0.29, 0.717) is 12.8 Å². The second kappa shape index (κ2) is 32.9. The number of ether oxygens (including phenoxy) is 2. The number of carbonyl (C=O) groups excluding carboxylic acids is 3. The molecule has 0 saturated carbocycles. The van der Waals surface area contributed by atoms with E-state index in [0.717, 1.165) is 70.8 Å². The molecule has 236 valence electrons. The van der Waals surface area contributed by atoms with E-state index in [1.807, 2.05) is 0 Å². The van der Waals surface area contributed by atoms with Crippen LogP contribution < -0.4 is 74.2 Å². The van der Waals surface area contributed by atoms with Gasteiger partial charge in [-0.3, -0.25) is 14.4 Å². The molecule has 1 atom stereocenters. The van der Waals surface area contributed by atoms with Crippen molar-refractivity contribution in [2.45, 2.75) is 148 Å². The SMILES string of the molecule is CCCCCCCCCCCCC(=O)O[C@@H](COC(=O)CCCCCCCCCCNC(C)=O)COP(=O)([O-])[O-].[Na+].[Na+]. The van der Waals surface area contributed by atoms with Crippen LogP contribution in [0.5, 0.6) is 0 Å². The minimum Gasteiger partial charge on any atom is -0.790 e. The molecule has 0 aromatic carbocycles. The summed E-state index contributed by atoms with van der Waals surface area (Å²) in [5.74, 6) is -1.01. The van der Waals surface area contributed by atoms with Crippen molar-refractivity contribution in [2.75, 3.05) is 19.8 Å². The van der Waals surface area contributed by atoms with Crippen molar-refractivity contribution in [3.63, 3.8) is 0 Å². The normalized spacial score (nSPS) is 11.6. The van der Waals surface area contributed by atoms with Crippen LogP contribution in [-0.4, -0.2) is 43.7 Å². The van der Waals surface area contributed by atoms with Crippen LogP contribution in [0.2, 0.25) is 0 Å². The van der Waals surface area contributed by atoms with Crippen LogP contribution >= 0.6 is 7.82 Å². The zero-order chi connectivity index (χ0) is 29.9. The molecular weight excluding hydrogens is 583 g/mol. The number of amides is 1. The molecule has 0 radical (unpaired) electrons. The van der Waals surface area contributed by atoms with E-state index in [9.17, 15) is 28.7 Å². The van der Waals surface area contributed by atoms with E-state index in [1.54, 1.807) is 0 Å².